The standard InChI is InChI=1S/C7H10ClN3O/c1-5-4-6(9)11(10-5)7(12)2-3-8/h4H,2-3,9H2,1H3. The van der Waals surface area contributed by atoms with Crippen LogP contribution in [0, 0.1) is 6.92 Å². The summed E-state index contributed by atoms with van der Waals surface area (Å²) in [6.07, 6.45) is 0.257. The number of nitrogens with two attached hydrogens (primary N) is 1. The predicted molar refractivity (Wildman–Crippen MR) is 47.3 cm³/mol. The van der Waals surface area contributed by atoms with Crippen LogP contribution in [0.25, 0.3) is 0 Å². The fourth-order valence-electron chi connectivity index (χ4n) is 0.906. The van der Waals surface area contributed by atoms with E-state index >= 15 is 0 Å². The normalized spacial score (nSPS) is 10.2. The molecule has 0 saturated carbocycles. The lowest BCUT2D eigenvalue weighted by Gasteiger charge is -1.98. The van der Waals surface area contributed by atoms with Gasteiger partial charge in [0.1, 0.15) is 5.82 Å². The van der Waals surface area contributed by atoms with Crippen molar-refractivity contribution in [3.8, 4) is 0 Å². The number of carbonyl (C=O) groups excluding carboxylic acids is 1. The first-order valence-corrected chi connectivity index (χ1v) is 4.10. The van der Waals surface area contributed by atoms with E-state index in [4.69, 9.17) is 17.3 Å². The zero-order valence-corrected chi connectivity index (χ0v) is 7.51. The van der Waals surface area contributed by atoms with Gasteiger partial charge in [0.25, 0.3) is 0 Å². The first kappa shape index (κ1) is 9.06. The smallest absolute Gasteiger partial charge is 0.249 e. The van der Waals surface area contributed by atoms with Gasteiger partial charge < -0.3 is 5.73 Å². The van der Waals surface area contributed by atoms with Crippen molar-refractivity contribution in [1.82, 2.24) is 9.78 Å². The lowest BCUT2D eigenvalue weighted by molar-refractivity contribution is 0.0897. The Balaban J connectivity index is 2.87. The number of aryl methyl sites for hydroxylation is 1. The van der Waals surface area contributed by atoms with E-state index in [9.17, 15) is 4.79 Å². The van der Waals surface area contributed by atoms with E-state index < -0.39 is 0 Å². The molecule has 4 nitrogen and oxygen atoms in total. The van der Waals surface area contributed by atoms with Crippen molar-refractivity contribution in [2.75, 3.05) is 11.6 Å². The van der Waals surface area contributed by atoms with Crippen molar-refractivity contribution >= 4 is 23.3 Å². The molecule has 0 spiro atoms. The summed E-state index contributed by atoms with van der Waals surface area (Å²) < 4.78 is 1.18. The first-order valence-electron chi connectivity index (χ1n) is 3.56. The highest BCUT2D eigenvalue weighted by molar-refractivity contribution is 6.19. The molecule has 0 fully saturated rings. The molecule has 0 aliphatic carbocycles. The second-order valence-electron chi connectivity index (χ2n) is 2.46. The van der Waals surface area contributed by atoms with Gasteiger partial charge in [-0.3, -0.25) is 4.79 Å². The topological polar surface area (TPSA) is 60.9 Å². The summed E-state index contributed by atoms with van der Waals surface area (Å²) in [5.41, 5.74) is 6.24. The Morgan fingerprint density at radius 3 is 2.92 bits per heavy atom. The lowest BCUT2D eigenvalue weighted by atomic mass is 10.4. The molecule has 0 saturated heterocycles. The van der Waals surface area contributed by atoms with E-state index in [0.29, 0.717) is 5.82 Å². The minimum Gasteiger partial charge on any atom is -0.383 e. The molecule has 0 amide bonds. The molecular formula is C7H10ClN3O. The summed E-state index contributed by atoms with van der Waals surface area (Å²) in [4.78, 5) is 11.2. The van der Waals surface area contributed by atoms with E-state index in [2.05, 4.69) is 5.10 Å². The quantitative estimate of drug-likeness (QED) is 0.704. The largest absolute Gasteiger partial charge is 0.383 e. The van der Waals surface area contributed by atoms with Gasteiger partial charge in [-0.05, 0) is 6.92 Å². The Bertz CT molecular complexity index is 295. The Morgan fingerprint density at radius 2 is 2.50 bits per heavy atom. The number of nitrogen functional groups attached to an aromatic ring is 1. The van der Waals surface area contributed by atoms with Crippen LogP contribution in [-0.4, -0.2) is 21.6 Å². The van der Waals surface area contributed by atoms with Gasteiger partial charge >= 0.3 is 0 Å². The van der Waals surface area contributed by atoms with Crippen LogP contribution in [0.1, 0.15) is 16.9 Å². The summed E-state index contributed by atoms with van der Waals surface area (Å²) in [5, 5.41) is 3.91. The summed E-state index contributed by atoms with van der Waals surface area (Å²) in [6.45, 7) is 1.78. The van der Waals surface area contributed by atoms with E-state index in [-0.39, 0.29) is 18.2 Å². The average molecular weight is 188 g/mol. The van der Waals surface area contributed by atoms with Crippen LogP contribution in [0.3, 0.4) is 0 Å². The van der Waals surface area contributed by atoms with Crippen LogP contribution in [0.4, 0.5) is 5.82 Å². The van der Waals surface area contributed by atoms with Gasteiger partial charge in [0.2, 0.25) is 5.91 Å². The number of halogens is 1. The van der Waals surface area contributed by atoms with Crippen LogP contribution in [-0.2, 0) is 0 Å². The van der Waals surface area contributed by atoms with Crippen molar-refractivity contribution in [1.29, 1.82) is 0 Å². The van der Waals surface area contributed by atoms with Crippen LogP contribution < -0.4 is 5.73 Å². The van der Waals surface area contributed by atoms with Crippen LogP contribution in [0.5, 0.6) is 0 Å². The van der Waals surface area contributed by atoms with E-state index in [0.717, 1.165) is 5.69 Å². The molecule has 1 aromatic heterocycles. The van der Waals surface area contributed by atoms with Gasteiger partial charge in [0, 0.05) is 18.4 Å². The fraction of sp³-hybridized carbons (Fsp3) is 0.429. The second kappa shape index (κ2) is 3.58. The number of carbonyl (C=O) groups is 1. The number of hydrogen-bond acceptors (Lipinski definition) is 3. The Kier molecular flexibility index (Phi) is 2.70. The number of alkyl halides is 1. The first-order chi connectivity index (χ1) is 5.65. The zero-order chi connectivity index (χ0) is 9.14. The third-order valence-corrected chi connectivity index (χ3v) is 1.59. The number of anilines is 1. The van der Waals surface area contributed by atoms with Crippen molar-refractivity contribution in [3.63, 3.8) is 0 Å². The molecule has 2 N–H and O–H groups in total. The summed E-state index contributed by atoms with van der Waals surface area (Å²) in [6, 6.07) is 1.64. The molecular weight excluding hydrogens is 178 g/mol. The molecule has 1 rings (SSSR count). The highest BCUT2D eigenvalue weighted by Crippen LogP contribution is 2.05. The Labute approximate surface area is 75.3 Å². The number of nitrogens with zero attached hydrogens (tertiary/aromatic N) is 2. The van der Waals surface area contributed by atoms with Gasteiger partial charge in [0.05, 0.1) is 5.69 Å². The molecule has 0 aliphatic rings. The van der Waals surface area contributed by atoms with E-state index in [1.54, 1.807) is 13.0 Å². The summed E-state index contributed by atoms with van der Waals surface area (Å²) >= 11 is 5.40. The molecule has 1 heterocycles. The van der Waals surface area contributed by atoms with E-state index in [1.165, 1.54) is 4.68 Å². The minimum absolute atomic E-state index is 0.171. The van der Waals surface area contributed by atoms with Crippen molar-refractivity contribution in [2.24, 2.45) is 0 Å². The van der Waals surface area contributed by atoms with Crippen LogP contribution in [0.2, 0.25) is 0 Å². The molecule has 12 heavy (non-hydrogen) atoms. The highest BCUT2D eigenvalue weighted by Gasteiger charge is 2.08. The van der Waals surface area contributed by atoms with Crippen molar-refractivity contribution in [3.05, 3.63) is 11.8 Å². The fourth-order valence-corrected chi connectivity index (χ4v) is 1.07. The predicted octanol–water partition coefficient (Wildman–Crippen LogP) is 1.04. The molecule has 0 aromatic carbocycles. The number of rotatable bonds is 2. The second-order valence-corrected chi connectivity index (χ2v) is 2.83. The third-order valence-electron chi connectivity index (χ3n) is 1.40. The van der Waals surface area contributed by atoms with E-state index in [1.807, 2.05) is 0 Å². The monoisotopic (exact) mass is 187 g/mol. The van der Waals surface area contributed by atoms with Crippen LogP contribution in [0.15, 0.2) is 6.07 Å². The van der Waals surface area contributed by atoms with Gasteiger partial charge in [-0.1, -0.05) is 0 Å². The molecule has 0 atom stereocenters. The maximum Gasteiger partial charge on any atom is 0.249 e. The molecule has 0 radical (unpaired) electrons. The zero-order valence-electron chi connectivity index (χ0n) is 6.75. The van der Waals surface area contributed by atoms with Crippen LogP contribution >= 0.6 is 11.6 Å². The molecule has 0 unspecified atom stereocenters. The van der Waals surface area contributed by atoms with Gasteiger partial charge in [0.15, 0.2) is 0 Å². The molecule has 1 aromatic rings. The summed E-state index contributed by atoms with van der Waals surface area (Å²) in [5.74, 6) is 0.482. The van der Waals surface area contributed by atoms with Crippen molar-refractivity contribution < 1.29 is 4.79 Å². The molecule has 0 aliphatic heterocycles. The number of hydrogen-bond donors (Lipinski definition) is 1. The third kappa shape index (κ3) is 1.76. The van der Waals surface area contributed by atoms with Gasteiger partial charge in [-0.25, -0.2) is 0 Å². The summed E-state index contributed by atoms with van der Waals surface area (Å²) in [7, 11) is 0. The average Bonchev–Trinajstić information content (AvgIpc) is 2.30. The highest BCUT2D eigenvalue weighted by atomic mass is 35.5. The molecule has 0 bridgehead atoms. The minimum atomic E-state index is -0.171. The van der Waals surface area contributed by atoms with Gasteiger partial charge in [-0.15, -0.1) is 11.6 Å². The maximum atomic E-state index is 11.2. The van der Waals surface area contributed by atoms with Gasteiger partial charge in [-0.2, -0.15) is 9.78 Å². The number of aromatic nitrogens is 2. The molecule has 5 heteroatoms. The Morgan fingerprint density at radius 1 is 1.83 bits per heavy atom. The Hall–Kier alpha value is -1.03. The lowest BCUT2D eigenvalue weighted by Crippen LogP contribution is -2.15. The van der Waals surface area contributed by atoms with Crippen molar-refractivity contribution in [2.45, 2.75) is 13.3 Å². The SMILES string of the molecule is Cc1cc(N)n(C(=O)CCCl)n1. The molecule has 66 valence electrons. The maximum absolute atomic E-state index is 11.2.